The number of benzene rings is 1. The molecule has 0 radical (unpaired) electrons. The van der Waals surface area contributed by atoms with Gasteiger partial charge in [-0.3, -0.25) is 0 Å². The smallest absolute Gasteiger partial charge is 0.351 e. The van der Waals surface area contributed by atoms with E-state index in [9.17, 15) is 10.1 Å². The first-order valence-corrected chi connectivity index (χ1v) is 6.55. The van der Waals surface area contributed by atoms with Gasteiger partial charge in [0, 0.05) is 0 Å². The number of hydrogen-bond acceptors (Lipinski definition) is 5. The summed E-state index contributed by atoms with van der Waals surface area (Å²) in [6, 6.07) is 11.4. The van der Waals surface area contributed by atoms with Crippen LogP contribution in [0.25, 0.3) is 0 Å². The fourth-order valence-electron chi connectivity index (χ4n) is 2.66. The molecule has 0 spiro atoms. The largest absolute Gasteiger partial charge is 0.463 e. The summed E-state index contributed by atoms with van der Waals surface area (Å²) in [5, 5.41) is 17.7. The topological polar surface area (TPSA) is 74.8 Å². The Morgan fingerprint density at radius 3 is 2.55 bits per heavy atom. The molecule has 2 rings (SSSR count). The van der Waals surface area contributed by atoms with E-state index in [0.717, 1.165) is 5.56 Å². The average molecular weight is 271 g/mol. The summed E-state index contributed by atoms with van der Waals surface area (Å²) in [4.78, 5) is 12.3. The Bertz CT molecular complexity index is 575. The van der Waals surface area contributed by atoms with Gasteiger partial charge in [-0.2, -0.15) is 15.5 Å². The van der Waals surface area contributed by atoms with E-state index in [1.165, 1.54) is 0 Å². The number of rotatable bonds is 3. The minimum absolute atomic E-state index is 0.208. The van der Waals surface area contributed by atoms with Crippen LogP contribution in [-0.4, -0.2) is 23.7 Å². The molecular weight excluding hydrogens is 254 g/mol. The number of nitrogens with zero attached hydrogens (tertiary/aromatic N) is 3. The first-order chi connectivity index (χ1) is 9.48. The van der Waals surface area contributed by atoms with Crippen molar-refractivity contribution in [3.05, 3.63) is 35.9 Å². The molecule has 1 aromatic carbocycles. The molecule has 1 aromatic rings. The summed E-state index contributed by atoms with van der Waals surface area (Å²) in [5.41, 5.74) is -1.37. The van der Waals surface area contributed by atoms with Gasteiger partial charge in [0.1, 0.15) is 6.07 Å². The minimum atomic E-state index is -1.60. The van der Waals surface area contributed by atoms with E-state index in [2.05, 4.69) is 10.2 Å². The zero-order valence-corrected chi connectivity index (χ0v) is 11.8. The van der Waals surface area contributed by atoms with Crippen LogP contribution < -0.4 is 0 Å². The van der Waals surface area contributed by atoms with Crippen molar-refractivity contribution in [1.29, 1.82) is 5.26 Å². The van der Waals surface area contributed by atoms with Crippen LogP contribution in [0.3, 0.4) is 0 Å². The molecular formula is C15H17N3O2. The molecule has 104 valence electrons. The second-order valence-corrected chi connectivity index (χ2v) is 5.30. The lowest BCUT2D eigenvalue weighted by Crippen LogP contribution is -2.46. The van der Waals surface area contributed by atoms with Crippen molar-refractivity contribution >= 4 is 5.97 Å². The predicted molar refractivity (Wildman–Crippen MR) is 73.1 cm³/mol. The molecule has 0 saturated carbocycles. The van der Waals surface area contributed by atoms with Crippen LogP contribution in [0, 0.1) is 11.3 Å². The number of carbonyl (C=O) groups excluding carboxylic acids is 1. The first-order valence-electron chi connectivity index (χ1n) is 6.55. The highest BCUT2D eigenvalue weighted by Gasteiger charge is 2.59. The van der Waals surface area contributed by atoms with Gasteiger partial charge in [0.25, 0.3) is 5.54 Å². The molecule has 0 amide bonds. The Morgan fingerprint density at radius 1 is 1.35 bits per heavy atom. The maximum Gasteiger partial charge on any atom is 0.351 e. The van der Waals surface area contributed by atoms with Gasteiger partial charge in [-0.15, -0.1) is 0 Å². The second kappa shape index (κ2) is 5.04. The van der Waals surface area contributed by atoms with Crippen LogP contribution in [0.1, 0.15) is 32.3 Å². The third-order valence-corrected chi connectivity index (χ3v) is 3.48. The lowest BCUT2D eigenvalue weighted by molar-refractivity contribution is -0.148. The van der Waals surface area contributed by atoms with Crippen molar-refractivity contribution in [3.8, 4) is 6.07 Å². The first kappa shape index (κ1) is 14.2. The third kappa shape index (κ3) is 2.07. The van der Waals surface area contributed by atoms with Crippen LogP contribution in [0.15, 0.2) is 40.6 Å². The fourth-order valence-corrected chi connectivity index (χ4v) is 2.66. The SMILES string of the molecule is CCOC(=O)C1(C#N)N=NC(C)(C)C1c1ccccc1. The monoisotopic (exact) mass is 271 g/mol. The van der Waals surface area contributed by atoms with E-state index in [4.69, 9.17) is 4.74 Å². The van der Waals surface area contributed by atoms with Crippen LogP contribution in [0.4, 0.5) is 0 Å². The van der Waals surface area contributed by atoms with E-state index in [0.29, 0.717) is 0 Å². The molecule has 0 saturated heterocycles. The Kier molecular flexibility index (Phi) is 3.58. The second-order valence-electron chi connectivity index (χ2n) is 5.30. The maximum absolute atomic E-state index is 12.3. The van der Waals surface area contributed by atoms with E-state index < -0.39 is 23.0 Å². The summed E-state index contributed by atoms with van der Waals surface area (Å²) in [6.07, 6.45) is 0. The molecule has 5 nitrogen and oxygen atoms in total. The molecule has 1 aliphatic heterocycles. The van der Waals surface area contributed by atoms with Gasteiger partial charge in [0.15, 0.2) is 0 Å². The third-order valence-electron chi connectivity index (χ3n) is 3.48. The maximum atomic E-state index is 12.3. The summed E-state index contributed by atoms with van der Waals surface area (Å²) in [6.45, 7) is 5.65. The molecule has 2 unspecified atom stereocenters. The molecule has 1 heterocycles. The number of esters is 1. The van der Waals surface area contributed by atoms with Crippen LogP contribution in [0.2, 0.25) is 0 Å². The van der Waals surface area contributed by atoms with E-state index in [1.807, 2.05) is 50.2 Å². The highest BCUT2D eigenvalue weighted by atomic mass is 16.5. The molecule has 5 heteroatoms. The Balaban J connectivity index is 2.54. The predicted octanol–water partition coefficient (Wildman–Crippen LogP) is 2.84. The number of ether oxygens (including phenoxy) is 1. The highest BCUT2D eigenvalue weighted by molar-refractivity contribution is 5.87. The lowest BCUT2D eigenvalue weighted by Gasteiger charge is -2.30. The molecule has 0 N–H and O–H groups in total. The summed E-state index contributed by atoms with van der Waals surface area (Å²) >= 11 is 0. The van der Waals surface area contributed by atoms with Crippen molar-refractivity contribution in [1.82, 2.24) is 0 Å². The van der Waals surface area contributed by atoms with Crippen molar-refractivity contribution in [3.63, 3.8) is 0 Å². The number of carbonyl (C=O) groups is 1. The lowest BCUT2D eigenvalue weighted by atomic mass is 9.71. The van der Waals surface area contributed by atoms with Gasteiger partial charge in [-0.1, -0.05) is 30.3 Å². The van der Waals surface area contributed by atoms with Gasteiger partial charge in [0.2, 0.25) is 0 Å². The molecule has 1 aliphatic rings. The molecule has 0 aromatic heterocycles. The van der Waals surface area contributed by atoms with Gasteiger partial charge in [-0.25, -0.2) is 4.79 Å². The standard InChI is InChI=1S/C15H17N3O2/c1-4-20-13(19)15(10-16)12(14(2,3)17-18-15)11-8-6-5-7-9-11/h5-9,12H,4H2,1-3H3. The number of azo groups is 1. The molecule has 0 bridgehead atoms. The van der Waals surface area contributed by atoms with E-state index in [-0.39, 0.29) is 6.61 Å². The highest BCUT2D eigenvalue weighted by Crippen LogP contribution is 2.48. The number of hydrogen-bond donors (Lipinski definition) is 0. The van der Waals surface area contributed by atoms with Crippen LogP contribution in [-0.2, 0) is 9.53 Å². The van der Waals surface area contributed by atoms with Gasteiger partial charge >= 0.3 is 5.97 Å². The summed E-state index contributed by atoms with van der Waals surface area (Å²) in [5.74, 6) is -1.09. The van der Waals surface area contributed by atoms with Gasteiger partial charge < -0.3 is 4.74 Å². The fraction of sp³-hybridized carbons (Fsp3) is 0.467. The zero-order chi connectivity index (χ0) is 14.8. The zero-order valence-electron chi connectivity index (χ0n) is 11.8. The van der Waals surface area contributed by atoms with Crippen LogP contribution >= 0.6 is 0 Å². The van der Waals surface area contributed by atoms with Crippen molar-refractivity contribution in [2.75, 3.05) is 6.61 Å². The van der Waals surface area contributed by atoms with Crippen molar-refractivity contribution in [2.24, 2.45) is 10.2 Å². The Labute approximate surface area is 118 Å². The summed E-state index contributed by atoms with van der Waals surface area (Å²) < 4.78 is 5.05. The van der Waals surface area contributed by atoms with E-state index >= 15 is 0 Å². The number of nitriles is 1. The minimum Gasteiger partial charge on any atom is -0.463 e. The molecule has 20 heavy (non-hydrogen) atoms. The molecule has 0 aliphatic carbocycles. The average Bonchev–Trinajstić information content (AvgIpc) is 2.72. The van der Waals surface area contributed by atoms with Gasteiger partial charge in [0.05, 0.1) is 18.1 Å². The molecule has 0 fully saturated rings. The van der Waals surface area contributed by atoms with Gasteiger partial charge in [-0.05, 0) is 26.3 Å². The quantitative estimate of drug-likeness (QED) is 0.793. The normalized spacial score (nSPS) is 27.0. The molecule has 2 atom stereocenters. The summed E-state index contributed by atoms with van der Waals surface area (Å²) in [7, 11) is 0. The Morgan fingerprint density at radius 2 is 2.00 bits per heavy atom. The van der Waals surface area contributed by atoms with Crippen molar-refractivity contribution < 1.29 is 9.53 Å². The Hall–Kier alpha value is -2.22. The van der Waals surface area contributed by atoms with Crippen LogP contribution in [0.5, 0.6) is 0 Å². The van der Waals surface area contributed by atoms with E-state index in [1.54, 1.807) is 6.92 Å². The van der Waals surface area contributed by atoms with Crippen molar-refractivity contribution in [2.45, 2.75) is 37.8 Å².